The Bertz CT molecular complexity index is 1230. The predicted molar refractivity (Wildman–Crippen MR) is 107 cm³/mol. The van der Waals surface area contributed by atoms with Crippen molar-refractivity contribution in [3.63, 3.8) is 0 Å². The Morgan fingerprint density at radius 3 is 2.64 bits per heavy atom. The maximum absolute atomic E-state index is 12.9. The number of carbonyl (C=O) groups is 1. The first-order valence-corrected chi connectivity index (χ1v) is 8.94. The lowest BCUT2D eigenvalue weighted by Gasteiger charge is -2.07. The molecule has 1 N–H and O–H groups in total. The van der Waals surface area contributed by atoms with Gasteiger partial charge in [-0.2, -0.15) is 0 Å². The number of carbonyl (C=O) groups excluding carboxylic acids is 1. The number of amides is 1. The van der Waals surface area contributed by atoms with Gasteiger partial charge >= 0.3 is 0 Å². The number of benzene rings is 2. The van der Waals surface area contributed by atoms with E-state index in [1.54, 1.807) is 18.7 Å². The van der Waals surface area contributed by atoms with Crippen LogP contribution >= 0.6 is 0 Å². The van der Waals surface area contributed by atoms with Gasteiger partial charge in [-0.15, -0.1) is 0 Å². The summed E-state index contributed by atoms with van der Waals surface area (Å²) in [5, 5.41) is 7.57. The average molecular weight is 376 g/mol. The number of rotatable bonds is 4. The number of hydrogen-bond acceptors (Lipinski definition) is 4. The maximum atomic E-state index is 12.9. The van der Waals surface area contributed by atoms with Crippen LogP contribution in [0.4, 0.5) is 5.69 Å². The van der Waals surface area contributed by atoms with Gasteiger partial charge < -0.3 is 9.84 Å². The van der Waals surface area contributed by atoms with Crippen molar-refractivity contribution in [1.82, 2.24) is 14.5 Å². The van der Waals surface area contributed by atoms with Crippen molar-refractivity contribution < 1.29 is 9.32 Å². The molecule has 0 atom stereocenters. The number of fused-ring (bicyclic) bond motifs is 1. The number of nitrogens with zero attached hydrogens (tertiary/aromatic N) is 3. The van der Waals surface area contributed by atoms with E-state index in [4.69, 9.17) is 4.52 Å². The van der Waals surface area contributed by atoms with Gasteiger partial charge in [0.25, 0.3) is 5.56 Å². The molecule has 7 heteroatoms. The molecule has 0 unspecified atom stereocenters. The third kappa shape index (κ3) is 3.00. The van der Waals surface area contributed by atoms with Crippen LogP contribution in [-0.2, 0) is 18.3 Å². The molecule has 0 radical (unpaired) electrons. The van der Waals surface area contributed by atoms with E-state index in [0.717, 1.165) is 16.6 Å². The molecule has 0 aliphatic carbocycles. The van der Waals surface area contributed by atoms with Crippen LogP contribution in [0.2, 0.25) is 0 Å². The van der Waals surface area contributed by atoms with E-state index in [0.29, 0.717) is 17.0 Å². The van der Waals surface area contributed by atoms with Gasteiger partial charge in [0.2, 0.25) is 5.91 Å². The van der Waals surface area contributed by atoms with Crippen molar-refractivity contribution in [1.29, 1.82) is 0 Å². The van der Waals surface area contributed by atoms with Crippen LogP contribution in [0.25, 0.3) is 16.7 Å². The van der Waals surface area contributed by atoms with Crippen LogP contribution in [-0.4, -0.2) is 20.4 Å². The maximum Gasteiger partial charge on any atom is 0.295 e. The molecule has 2 aromatic carbocycles. The fourth-order valence-electron chi connectivity index (χ4n) is 3.28. The summed E-state index contributed by atoms with van der Waals surface area (Å²) >= 11 is 0. The van der Waals surface area contributed by atoms with Gasteiger partial charge in [0, 0.05) is 12.4 Å². The summed E-state index contributed by atoms with van der Waals surface area (Å²) in [6.07, 6.45) is 0.0234. The zero-order valence-corrected chi connectivity index (χ0v) is 15.9. The number of aryl methyl sites for hydroxylation is 1. The molecule has 4 rings (SSSR count). The molecule has 1 amide bonds. The van der Waals surface area contributed by atoms with E-state index in [9.17, 15) is 9.59 Å². The fourth-order valence-corrected chi connectivity index (χ4v) is 3.28. The first-order valence-electron chi connectivity index (χ1n) is 8.94. The lowest BCUT2D eigenvalue weighted by Crippen LogP contribution is -2.23. The summed E-state index contributed by atoms with van der Waals surface area (Å²) in [6, 6.07) is 15.0. The largest absolute Gasteiger partial charge is 0.356 e. The molecule has 0 saturated carbocycles. The van der Waals surface area contributed by atoms with E-state index >= 15 is 0 Å². The number of anilines is 1. The lowest BCUT2D eigenvalue weighted by atomic mass is 10.1. The van der Waals surface area contributed by atoms with Crippen molar-refractivity contribution >= 4 is 22.6 Å². The first kappa shape index (κ1) is 17.8. The van der Waals surface area contributed by atoms with Crippen molar-refractivity contribution in [2.45, 2.75) is 20.3 Å². The highest BCUT2D eigenvalue weighted by atomic mass is 16.5. The molecular weight excluding hydrogens is 356 g/mol. The molecule has 0 aliphatic rings. The van der Waals surface area contributed by atoms with Gasteiger partial charge in [0.1, 0.15) is 11.4 Å². The minimum atomic E-state index is -0.317. The van der Waals surface area contributed by atoms with Crippen molar-refractivity contribution in [3.05, 3.63) is 75.8 Å². The lowest BCUT2D eigenvalue weighted by molar-refractivity contribution is -0.115. The molecule has 28 heavy (non-hydrogen) atoms. The monoisotopic (exact) mass is 376 g/mol. The standard InChI is InChI=1S/C21H20N4O3/c1-13-9-10-18-16(11-13)17(23-28-18)12-19(26)22-20-14(2)24(3)25(21(20)27)15-7-5-4-6-8-15/h4-11H,12H2,1-3H3,(H,22,26). The number of nitrogens with one attached hydrogen (secondary N) is 1. The van der Waals surface area contributed by atoms with E-state index in [-0.39, 0.29) is 23.6 Å². The third-order valence-electron chi connectivity index (χ3n) is 4.85. The third-order valence-corrected chi connectivity index (χ3v) is 4.85. The first-order chi connectivity index (χ1) is 13.5. The molecule has 0 saturated heterocycles. The van der Waals surface area contributed by atoms with Crippen LogP contribution in [0.5, 0.6) is 0 Å². The topological polar surface area (TPSA) is 82.1 Å². The molecule has 0 aliphatic heterocycles. The van der Waals surface area contributed by atoms with Crippen LogP contribution in [0.15, 0.2) is 57.8 Å². The smallest absolute Gasteiger partial charge is 0.295 e. The Hall–Kier alpha value is -3.61. The molecule has 0 fully saturated rings. The molecule has 142 valence electrons. The molecule has 7 nitrogen and oxygen atoms in total. The summed E-state index contributed by atoms with van der Waals surface area (Å²) in [6.45, 7) is 3.76. The zero-order valence-electron chi connectivity index (χ0n) is 15.9. The predicted octanol–water partition coefficient (Wildman–Crippen LogP) is 3.12. The molecule has 4 aromatic rings. The van der Waals surface area contributed by atoms with Crippen LogP contribution < -0.4 is 10.9 Å². The Morgan fingerprint density at radius 1 is 1.14 bits per heavy atom. The fraction of sp³-hybridized carbons (Fsp3) is 0.190. The number of aromatic nitrogens is 3. The molecule has 2 heterocycles. The number of para-hydroxylation sites is 1. The highest BCUT2D eigenvalue weighted by molar-refractivity contribution is 5.95. The zero-order chi connectivity index (χ0) is 19.8. The Balaban J connectivity index is 1.63. The van der Waals surface area contributed by atoms with Crippen molar-refractivity contribution in [2.24, 2.45) is 7.05 Å². The van der Waals surface area contributed by atoms with Gasteiger partial charge in [0.05, 0.1) is 17.8 Å². The second-order valence-corrected chi connectivity index (χ2v) is 6.79. The Morgan fingerprint density at radius 2 is 1.89 bits per heavy atom. The van der Waals surface area contributed by atoms with E-state index in [2.05, 4.69) is 10.5 Å². The van der Waals surface area contributed by atoms with E-state index in [1.165, 1.54) is 4.68 Å². The summed E-state index contributed by atoms with van der Waals surface area (Å²) in [7, 11) is 1.79. The summed E-state index contributed by atoms with van der Waals surface area (Å²) in [5.74, 6) is -0.317. The summed E-state index contributed by atoms with van der Waals surface area (Å²) < 4.78 is 8.54. The summed E-state index contributed by atoms with van der Waals surface area (Å²) in [5.41, 5.74) is 3.63. The van der Waals surface area contributed by atoms with Gasteiger partial charge in [0.15, 0.2) is 5.58 Å². The highest BCUT2D eigenvalue weighted by Crippen LogP contribution is 2.21. The number of hydrogen-bond donors (Lipinski definition) is 1. The van der Waals surface area contributed by atoms with Crippen molar-refractivity contribution in [2.75, 3.05) is 5.32 Å². The molecule has 2 aromatic heterocycles. The Labute approximate surface area is 161 Å². The van der Waals surface area contributed by atoms with E-state index in [1.807, 2.05) is 55.5 Å². The van der Waals surface area contributed by atoms with Gasteiger partial charge in [-0.05, 0) is 38.1 Å². The van der Waals surface area contributed by atoms with E-state index < -0.39 is 0 Å². The normalized spacial score (nSPS) is 11.1. The molecule has 0 spiro atoms. The second-order valence-electron chi connectivity index (χ2n) is 6.79. The Kier molecular flexibility index (Phi) is 4.35. The molecular formula is C21H20N4O3. The minimum Gasteiger partial charge on any atom is -0.356 e. The quantitative estimate of drug-likeness (QED) is 0.593. The van der Waals surface area contributed by atoms with Crippen LogP contribution in [0.1, 0.15) is 17.0 Å². The summed E-state index contributed by atoms with van der Waals surface area (Å²) in [4.78, 5) is 25.5. The second kappa shape index (κ2) is 6.84. The average Bonchev–Trinajstić information content (AvgIpc) is 3.16. The van der Waals surface area contributed by atoms with Gasteiger partial charge in [-0.1, -0.05) is 35.0 Å². The van der Waals surface area contributed by atoms with Gasteiger partial charge in [-0.3, -0.25) is 14.3 Å². The SMILES string of the molecule is Cc1ccc2onc(CC(=O)Nc3c(C)n(C)n(-c4ccccc4)c3=O)c2c1. The van der Waals surface area contributed by atoms with Crippen molar-refractivity contribution in [3.8, 4) is 5.69 Å². The van der Waals surface area contributed by atoms with Crippen LogP contribution in [0.3, 0.4) is 0 Å². The minimum absolute atomic E-state index is 0.0234. The van der Waals surface area contributed by atoms with Crippen LogP contribution in [0, 0.1) is 13.8 Å². The van der Waals surface area contributed by atoms with Gasteiger partial charge in [-0.25, -0.2) is 4.68 Å². The molecule has 0 bridgehead atoms. The highest BCUT2D eigenvalue weighted by Gasteiger charge is 2.19.